The predicted octanol–water partition coefficient (Wildman–Crippen LogP) is 12.8. The zero-order valence-electron chi connectivity index (χ0n) is 28.6. The molecule has 0 amide bonds. The average Bonchev–Trinajstić information content (AvgIpc) is 3.20. The predicted molar refractivity (Wildman–Crippen MR) is 216 cm³/mol. The van der Waals surface area contributed by atoms with Crippen LogP contribution < -0.4 is 18.9 Å². The van der Waals surface area contributed by atoms with Crippen molar-refractivity contribution in [3.8, 4) is 51.4 Å². The number of benzene rings is 7. The topological polar surface area (TPSA) is 71.1 Å². The van der Waals surface area contributed by atoms with Crippen molar-refractivity contribution in [1.82, 2.24) is 0 Å². The van der Waals surface area contributed by atoms with Crippen LogP contribution >= 0.6 is 0 Å². The van der Waals surface area contributed by atoms with Crippen LogP contribution in [0.3, 0.4) is 0 Å². The highest BCUT2D eigenvalue weighted by molar-refractivity contribution is 6.09. The molecule has 0 radical (unpaired) electrons. The lowest BCUT2D eigenvalue weighted by atomic mass is 10.0. The molecule has 6 heteroatoms. The summed E-state index contributed by atoms with van der Waals surface area (Å²) in [5.74, 6) is 4.60. The Bertz CT molecular complexity index is 2270. The maximum atomic E-state index is 13.1. The fraction of sp³-hybridized carbons (Fsp3) is 0.0833. The Morgan fingerprint density at radius 1 is 0.333 bits per heavy atom. The van der Waals surface area contributed by atoms with E-state index in [4.69, 9.17) is 18.9 Å². The molecule has 270 valence electrons. The van der Waals surface area contributed by atoms with Crippen LogP contribution in [0.1, 0.15) is 52.3 Å². The minimum atomic E-state index is -0.0793. The third kappa shape index (κ3) is 9.29. The second kappa shape index (κ2) is 17.5. The van der Waals surface area contributed by atoms with Crippen molar-refractivity contribution in [1.29, 1.82) is 0 Å². The Labute approximate surface area is 317 Å². The number of methoxy groups -OCH3 is 1. The average molecular weight is 715 g/mol. The summed E-state index contributed by atoms with van der Waals surface area (Å²) in [6.07, 6.45) is 0. The molecule has 6 nitrogen and oxygen atoms in total. The van der Waals surface area contributed by atoms with Crippen molar-refractivity contribution in [2.45, 2.75) is 21.8 Å². The highest BCUT2D eigenvalue weighted by atomic mass is 16.5. The van der Waals surface area contributed by atoms with Gasteiger partial charge in [-0.3, -0.25) is 9.59 Å². The minimum absolute atomic E-state index is 0. The molecule has 0 aliphatic carbocycles. The van der Waals surface area contributed by atoms with Gasteiger partial charge >= 0.3 is 0 Å². The van der Waals surface area contributed by atoms with Crippen molar-refractivity contribution in [3.63, 3.8) is 0 Å². The quantitative estimate of drug-likeness (QED) is 0.117. The summed E-state index contributed by atoms with van der Waals surface area (Å²) in [6.45, 7) is 2.03. The van der Waals surface area contributed by atoms with E-state index < -0.39 is 0 Å². The molecule has 0 aromatic heterocycles. The summed E-state index contributed by atoms with van der Waals surface area (Å²) in [5, 5.41) is 0. The van der Waals surface area contributed by atoms with Gasteiger partial charge in [-0.05, 0) is 152 Å². The lowest BCUT2D eigenvalue weighted by Crippen LogP contribution is -2.01. The van der Waals surface area contributed by atoms with Gasteiger partial charge in [-0.25, -0.2) is 0 Å². The summed E-state index contributed by atoms with van der Waals surface area (Å²) in [7, 11) is 1.59. The van der Waals surface area contributed by atoms with Gasteiger partial charge in [0.1, 0.15) is 40.2 Å². The van der Waals surface area contributed by atoms with Gasteiger partial charge in [0, 0.05) is 22.3 Å². The number of ether oxygens (including phenoxy) is 4. The van der Waals surface area contributed by atoms with Crippen LogP contribution in [0.4, 0.5) is 0 Å². The van der Waals surface area contributed by atoms with Gasteiger partial charge in [0.05, 0.1) is 7.11 Å². The molecule has 0 bridgehead atoms. The number of ketones is 2. The first-order valence-electron chi connectivity index (χ1n) is 16.7. The van der Waals surface area contributed by atoms with Gasteiger partial charge in [-0.2, -0.15) is 0 Å². The summed E-state index contributed by atoms with van der Waals surface area (Å²) in [5.41, 5.74) is 5.53. The number of carbonyl (C=O) groups is 2. The fourth-order valence-electron chi connectivity index (χ4n) is 5.54. The van der Waals surface area contributed by atoms with E-state index >= 15 is 0 Å². The molecule has 0 N–H and O–H groups in total. The van der Waals surface area contributed by atoms with Crippen molar-refractivity contribution in [2.75, 3.05) is 7.11 Å². The summed E-state index contributed by atoms with van der Waals surface area (Å²) < 4.78 is 23.1. The molecule has 54 heavy (non-hydrogen) atoms. The third-order valence-electron chi connectivity index (χ3n) is 8.47. The molecule has 0 spiro atoms. The second-order valence-corrected chi connectivity index (χ2v) is 12.1. The first-order valence-corrected chi connectivity index (χ1v) is 16.7. The zero-order chi connectivity index (χ0) is 35.9. The largest absolute Gasteiger partial charge is 0.497 e. The molecule has 7 aromatic carbocycles. The number of rotatable bonds is 12. The van der Waals surface area contributed by atoms with Crippen molar-refractivity contribution in [3.05, 3.63) is 198 Å². The van der Waals surface area contributed by atoms with Gasteiger partial charge < -0.3 is 18.9 Å². The molecule has 0 aliphatic heterocycles. The van der Waals surface area contributed by atoms with Crippen LogP contribution in [0.5, 0.6) is 40.2 Å². The third-order valence-corrected chi connectivity index (χ3v) is 8.47. The van der Waals surface area contributed by atoms with Gasteiger partial charge in [0.25, 0.3) is 0 Å². The maximum Gasteiger partial charge on any atom is 0.193 e. The van der Waals surface area contributed by atoms with Gasteiger partial charge in [-0.15, -0.1) is 0 Å². The molecule has 0 heterocycles. The smallest absolute Gasteiger partial charge is 0.193 e. The van der Waals surface area contributed by atoms with E-state index in [9.17, 15) is 9.59 Å². The number of hydrogen-bond acceptors (Lipinski definition) is 6. The molecular formula is C48H42O6. The van der Waals surface area contributed by atoms with Crippen molar-refractivity contribution < 1.29 is 28.5 Å². The molecule has 0 saturated carbocycles. The van der Waals surface area contributed by atoms with Crippen molar-refractivity contribution >= 4 is 11.6 Å². The minimum Gasteiger partial charge on any atom is -0.497 e. The van der Waals surface area contributed by atoms with Gasteiger partial charge in [0.2, 0.25) is 0 Å². The Kier molecular flexibility index (Phi) is 12.4. The first kappa shape index (κ1) is 38.3. The molecule has 0 fully saturated rings. The monoisotopic (exact) mass is 714 g/mol. The van der Waals surface area contributed by atoms with Crippen molar-refractivity contribution in [2.24, 2.45) is 0 Å². The van der Waals surface area contributed by atoms with Gasteiger partial charge in [0.15, 0.2) is 11.6 Å². The molecular weight excluding hydrogens is 673 g/mol. The Morgan fingerprint density at radius 2 is 0.556 bits per heavy atom. The molecule has 0 unspecified atom stereocenters. The first-order chi connectivity index (χ1) is 25.4. The highest BCUT2D eigenvalue weighted by Crippen LogP contribution is 2.30. The molecule has 0 atom stereocenters. The van der Waals surface area contributed by atoms with E-state index in [0.29, 0.717) is 56.8 Å². The number of carbonyl (C=O) groups excluding carboxylic acids is 2. The fourth-order valence-corrected chi connectivity index (χ4v) is 5.54. The van der Waals surface area contributed by atoms with Crippen LogP contribution in [-0.2, 0) is 0 Å². The molecule has 0 aliphatic rings. The lowest BCUT2D eigenvalue weighted by Gasteiger charge is -2.10. The summed E-state index contributed by atoms with van der Waals surface area (Å²) in [6, 6.07) is 51.8. The van der Waals surface area contributed by atoms with E-state index in [1.807, 2.05) is 79.7 Å². The van der Waals surface area contributed by atoms with E-state index in [-0.39, 0.29) is 26.4 Å². The van der Waals surface area contributed by atoms with Crippen LogP contribution in [0.15, 0.2) is 170 Å². The van der Waals surface area contributed by atoms with Gasteiger partial charge in [-0.1, -0.05) is 56.8 Å². The number of hydrogen-bond donors (Lipinski definition) is 0. The SMILES string of the molecule is C.C.COc1ccc(C(=O)c2ccc(Oc3ccc(-c4ccc(Oc5ccc(C(=O)c6ccc(Oc7ccc(C)cc7)cc6)cc5)cc4)cc3)cc2)cc1. The molecule has 7 aromatic rings. The Balaban J connectivity index is 0.00000280. The van der Waals surface area contributed by atoms with Crippen LogP contribution in [-0.4, -0.2) is 18.7 Å². The van der Waals surface area contributed by atoms with E-state index in [2.05, 4.69) is 0 Å². The molecule has 7 rings (SSSR count). The van der Waals surface area contributed by atoms with Crippen LogP contribution in [0, 0.1) is 6.92 Å². The summed E-state index contributed by atoms with van der Waals surface area (Å²) in [4.78, 5) is 25.9. The lowest BCUT2D eigenvalue weighted by molar-refractivity contribution is 0.103. The molecule has 0 saturated heterocycles. The zero-order valence-corrected chi connectivity index (χ0v) is 28.6. The van der Waals surface area contributed by atoms with E-state index in [1.165, 1.54) is 0 Å². The Morgan fingerprint density at radius 3 is 0.815 bits per heavy atom. The Hall–Kier alpha value is -6.92. The van der Waals surface area contributed by atoms with E-state index in [0.717, 1.165) is 22.4 Å². The normalized spacial score (nSPS) is 10.3. The van der Waals surface area contributed by atoms with Crippen LogP contribution in [0.2, 0.25) is 0 Å². The summed E-state index contributed by atoms with van der Waals surface area (Å²) >= 11 is 0. The van der Waals surface area contributed by atoms with E-state index in [1.54, 1.807) is 104 Å². The standard InChI is InChI=1S/C46H34O6.2CH4/c1-31-3-17-39(18-4-31)50-42-25-11-36(12-26-42)46(48)37-15-29-44(30-16-37)52-41-23-7-33(8-24-41)32-5-21-40(22-6-32)51-43-27-13-35(14-28-43)45(47)34-9-19-38(49-2)20-10-34;;/h3-30H,1-2H3;2*1H4. The van der Waals surface area contributed by atoms with Crippen LogP contribution in [0.25, 0.3) is 11.1 Å². The highest BCUT2D eigenvalue weighted by Gasteiger charge is 2.12. The number of aryl methyl sites for hydroxylation is 1. The second-order valence-electron chi connectivity index (χ2n) is 12.1. The maximum absolute atomic E-state index is 13.1.